The molecule has 3 unspecified atom stereocenters. The van der Waals surface area contributed by atoms with E-state index in [1.807, 2.05) is 158 Å². The lowest BCUT2D eigenvalue weighted by Crippen LogP contribution is -2.52. The van der Waals surface area contributed by atoms with Crippen LogP contribution in [0.3, 0.4) is 0 Å². The third-order valence-electron chi connectivity index (χ3n) is 25.5. The van der Waals surface area contributed by atoms with Gasteiger partial charge in [0.15, 0.2) is 11.6 Å². The van der Waals surface area contributed by atoms with Crippen LogP contribution < -0.4 is 9.80 Å². The number of hydrogen-bond donors (Lipinski definition) is 0. The summed E-state index contributed by atoms with van der Waals surface area (Å²) in [5.74, 6) is -4.06. The molecule has 140 heavy (non-hydrogen) atoms. The van der Waals surface area contributed by atoms with Crippen LogP contribution in [0.1, 0.15) is 107 Å². The number of piperazine rings is 3. The first kappa shape index (κ1) is 116. The molecule has 0 saturated carbocycles. The topological polar surface area (TPSA) is 355 Å². The number of Topliss-reactive ketones (excluding diaryl/α,β-unsaturated/α-hetero) is 2. The van der Waals surface area contributed by atoms with Crippen LogP contribution in [0.5, 0.6) is 0 Å². The normalized spacial score (nSPS) is 15.4. The molecular weight excluding hydrogens is 1800 g/mol. The molecule has 8 rings (SSSR count). The van der Waals surface area contributed by atoms with Crippen LogP contribution in [0, 0.1) is 10.8 Å². The lowest BCUT2D eigenvalue weighted by Gasteiger charge is -2.38. The number of esters is 7. The molecule has 4 fully saturated rings. The standard InChI is InChI=1S/C53H74N4O15.C52H75N5O11/c1-7-46(58)69-33-29-65-38-52(39-66-30-34-70-47(59)8-2,40-67-31-35-71-48(60)9-3)41-68-32-36-72-49(61)19-20-55-21-23-56(24-22-55)45-17-15-43(16-18-45)50(62)53(10-4,54(5)6)37-42-11-13-44(14-12-42)51(63)57-25-27-64-28-26-57;1-10-46(58)66-33-30-63-37-51(12-3,38-64-31-34-67-47(59)11-2)39-65-32-35-68-50(62)41(6)55-26-28-57(29-27-55)49(61)40(5)43-16-14-42(15-17-43)36-52(13-4,53(7)8)48(60)44-18-20-45(21-19-44)56-24-22-54(9)23-25-56/h7-9,11-18H,1-3,10,19-41H2,4-6H3;10-11,14-21,40H,1-2,6,12-13,22-39H2,3-5,7-9H3. The van der Waals surface area contributed by atoms with Crippen LogP contribution in [-0.2, 0) is 122 Å². The summed E-state index contributed by atoms with van der Waals surface area (Å²) in [6.07, 6.45) is 8.36. The average Bonchev–Trinajstić information content (AvgIpc) is 0.784. The van der Waals surface area contributed by atoms with E-state index in [1.54, 1.807) is 0 Å². The Hall–Kier alpha value is -11.2. The second-order valence-corrected chi connectivity index (χ2v) is 35.3. The van der Waals surface area contributed by atoms with Crippen LogP contribution >= 0.6 is 0 Å². The molecule has 2 amide bonds. The average molecular weight is 1950 g/mol. The van der Waals surface area contributed by atoms with E-state index in [0.717, 1.165) is 111 Å². The lowest BCUT2D eigenvalue weighted by molar-refractivity contribution is -0.150. The van der Waals surface area contributed by atoms with Crippen molar-refractivity contribution in [2.24, 2.45) is 10.8 Å². The van der Waals surface area contributed by atoms with Gasteiger partial charge in [0.1, 0.15) is 51.9 Å². The van der Waals surface area contributed by atoms with Crippen molar-refractivity contribution < 1.29 is 124 Å². The third-order valence-corrected chi connectivity index (χ3v) is 25.5. The van der Waals surface area contributed by atoms with Gasteiger partial charge in [-0.15, -0.1) is 0 Å². The first-order valence-corrected chi connectivity index (χ1v) is 48.1. The molecule has 35 heteroatoms. The van der Waals surface area contributed by atoms with Crippen molar-refractivity contribution in [2.45, 2.75) is 83.2 Å². The Labute approximate surface area is 825 Å². The van der Waals surface area contributed by atoms with Gasteiger partial charge in [0, 0.05) is 162 Å². The molecular formula is C105H149N9O26. The summed E-state index contributed by atoms with van der Waals surface area (Å²) >= 11 is 0. The zero-order valence-electron chi connectivity index (χ0n) is 83.7. The molecule has 4 aromatic rings. The SMILES string of the molecule is C=CC(=O)OCCOCC(CC)(COCCOC(=O)C=C)COCCOC(=O)C(=C)N1CCN(C(=O)C(C)c2ccc(CC(CC)(C(=O)c3ccc(N4CCN(C)CC4)cc3)N(C)C)cc2)CC1.C=CC(=O)OCCOCC(COCCOC(=O)C=C)(COCCOC(=O)C=C)COCCOC(=O)CCN1CCN(c2ccc(C(=O)C(CC)(Cc3ccc(C(=O)N4CCOCC4)cc3)N(C)C)cc2)CC1. The van der Waals surface area contributed by atoms with Crippen LogP contribution in [-0.4, -0.2) is 396 Å². The minimum absolute atomic E-state index is 0.000319. The number of carbonyl (C=O) groups excluding carboxylic acids is 11. The van der Waals surface area contributed by atoms with E-state index >= 15 is 0 Å². The molecule has 4 aromatic carbocycles. The molecule has 4 aliphatic rings. The Morgan fingerprint density at radius 1 is 0.386 bits per heavy atom. The number of carbonyl (C=O) groups is 11. The number of likely N-dealkylation sites (N-methyl/N-ethyl adjacent to an activating group) is 3. The van der Waals surface area contributed by atoms with Crippen molar-refractivity contribution in [1.82, 2.24) is 34.3 Å². The van der Waals surface area contributed by atoms with Gasteiger partial charge in [0.05, 0.1) is 135 Å². The van der Waals surface area contributed by atoms with Gasteiger partial charge in [-0.2, -0.15) is 0 Å². The molecule has 4 aliphatic heterocycles. The predicted molar refractivity (Wildman–Crippen MR) is 529 cm³/mol. The summed E-state index contributed by atoms with van der Waals surface area (Å²) in [5.41, 5.74) is 4.16. The summed E-state index contributed by atoms with van der Waals surface area (Å²) in [5, 5.41) is 0. The summed E-state index contributed by atoms with van der Waals surface area (Å²) in [6.45, 7) is 41.7. The maximum Gasteiger partial charge on any atom is 0.354 e. The monoisotopic (exact) mass is 1950 g/mol. The smallest absolute Gasteiger partial charge is 0.354 e. The molecule has 770 valence electrons. The summed E-state index contributed by atoms with van der Waals surface area (Å²) in [6, 6.07) is 31.5. The van der Waals surface area contributed by atoms with Gasteiger partial charge in [-0.3, -0.25) is 38.7 Å². The zero-order valence-corrected chi connectivity index (χ0v) is 83.7. The predicted octanol–water partition coefficient (Wildman–Crippen LogP) is 8.37. The molecule has 4 saturated heterocycles. The zero-order chi connectivity index (χ0) is 102. The van der Waals surface area contributed by atoms with Crippen molar-refractivity contribution in [3.8, 4) is 0 Å². The first-order valence-electron chi connectivity index (χ1n) is 48.1. The van der Waals surface area contributed by atoms with E-state index < -0.39 is 57.7 Å². The van der Waals surface area contributed by atoms with E-state index in [9.17, 15) is 52.7 Å². The van der Waals surface area contributed by atoms with Crippen LogP contribution in [0.25, 0.3) is 0 Å². The second kappa shape index (κ2) is 61.5. The molecule has 0 aromatic heterocycles. The molecule has 0 radical (unpaired) electrons. The molecule has 0 N–H and O–H groups in total. The highest BCUT2D eigenvalue weighted by Gasteiger charge is 2.43. The fourth-order valence-corrected chi connectivity index (χ4v) is 16.4. The number of amides is 2. The molecule has 3 atom stereocenters. The third kappa shape index (κ3) is 37.4. The van der Waals surface area contributed by atoms with E-state index in [0.29, 0.717) is 108 Å². The van der Waals surface area contributed by atoms with Crippen molar-refractivity contribution in [3.63, 3.8) is 0 Å². The number of ketones is 2. The fraction of sp³-hybridized carbons (Fsp3) is 0.552. The van der Waals surface area contributed by atoms with E-state index in [-0.39, 0.29) is 186 Å². The Morgan fingerprint density at radius 2 is 0.721 bits per heavy atom. The van der Waals surface area contributed by atoms with Crippen LogP contribution in [0.15, 0.2) is 173 Å². The van der Waals surface area contributed by atoms with Gasteiger partial charge in [-0.25, -0.2) is 28.8 Å². The summed E-state index contributed by atoms with van der Waals surface area (Å²) in [7, 11) is 9.95. The van der Waals surface area contributed by atoms with E-state index in [2.05, 4.69) is 85.2 Å². The first-order chi connectivity index (χ1) is 67.4. The Morgan fingerprint density at radius 3 is 1.08 bits per heavy atom. The van der Waals surface area contributed by atoms with Crippen molar-refractivity contribution >= 4 is 76.5 Å². The number of hydrogen-bond acceptors (Lipinski definition) is 33. The van der Waals surface area contributed by atoms with Gasteiger partial charge in [-0.1, -0.05) is 96.6 Å². The summed E-state index contributed by atoms with van der Waals surface area (Å²) in [4.78, 5) is 157. The maximum absolute atomic E-state index is 14.3. The van der Waals surface area contributed by atoms with Crippen LogP contribution in [0.2, 0.25) is 0 Å². The van der Waals surface area contributed by atoms with Crippen molar-refractivity contribution in [2.75, 3.05) is 295 Å². The largest absolute Gasteiger partial charge is 0.463 e. The highest BCUT2D eigenvalue weighted by molar-refractivity contribution is 6.04. The number of anilines is 2. The summed E-state index contributed by atoms with van der Waals surface area (Å²) < 4.78 is 82.5. The fourth-order valence-electron chi connectivity index (χ4n) is 16.4. The number of morpholine rings is 1. The van der Waals surface area contributed by atoms with Gasteiger partial charge >= 0.3 is 41.8 Å². The molecule has 4 heterocycles. The number of benzene rings is 4. The minimum Gasteiger partial charge on any atom is -0.463 e. The van der Waals surface area contributed by atoms with Gasteiger partial charge in [0.2, 0.25) is 5.91 Å². The van der Waals surface area contributed by atoms with Gasteiger partial charge in [-0.05, 0) is 152 Å². The molecule has 0 aliphatic carbocycles. The van der Waals surface area contributed by atoms with E-state index in [4.69, 9.17) is 71.1 Å². The second-order valence-electron chi connectivity index (χ2n) is 35.3. The minimum atomic E-state index is -0.936. The maximum atomic E-state index is 14.3. The van der Waals surface area contributed by atoms with Gasteiger partial charge < -0.3 is 100 Å². The quantitative estimate of drug-likeness (QED) is 0.0132. The Balaban J connectivity index is 0.000000381. The lowest BCUT2D eigenvalue weighted by atomic mass is 9.80. The van der Waals surface area contributed by atoms with Crippen molar-refractivity contribution in [3.05, 3.63) is 206 Å². The molecule has 0 bridgehead atoms. The Bertz CT molecular complexity index is 4500. The highest BCUT2D eigenvalue weighted by Crippen LogP contribution is 2.34. The van der Waals surface area contributed by atoms with E-state index in [1.165, 1.54) is 0 Å². The highest BCUT2D eigenvalue weighted by atomic mass is 16.6. The molecule has 35 nitrogen and oxygen atoms in total. The Kier molecular flexibility index (Phi) is 50.9. The number of nitrogens with zero attached hydrogens (tertiary/aromatic N) is 9. The number of rotatable bonds is 63. The van der Waals surface area contributed by atoms with Gasteiger partial charge in [0.25, 0.3) is 5.91 Å². The van der Waals surface area contributed by atoms with Crippen molar-refractivity contribution in [1.29, 1.82) is 0 Å². The number of ether oxygens (including phenoxy) is 15. The molecule has 0 spiro atoms. The van der Waals surface area contributed by atoms with Crippen LogP contribution in [0.4, 0.5) is 11.4 Å².